The summed E-state index contributed by atoms with van der Waals surface area (Å²) in [6.45, 7) is 2.88. The van der Waals surface area contributed by atoms with Crippen LogP contribution in [0.3, 0.4) is 0 Å². The summed E-state index contributed by atoms with van der Waals surface area (Å²) in [6, 6.07) is 0. The van der Waals surface area contributed by atoms with E-state index in [2.05, 4.69) is 25.0 Å². The fraction of sp³-hybridized carbons (Fsp3) is 0.353. The number of hydrogen-bond donors (Lipinski definition) is 2. The molecule has 0 aromatic carbocycles. The van der Waals surface area contributed by atoms with E-state index < -0.39 is 11.9 Å². The third-order valence-corrected chi connectivity index (χ3v) is 4.78. The number of nitrogens with zero attached hydrogens (tertiary/aromatic N) is 6. The van der Waals surface area contributed by atoms with Crippen LogP contribution in [-0.2, 0) is 6.18 Å². The topological polar surface area (TPSA) is 110 Å². The zero-order valence-corrected chi connectivity index (χ0v) is 16.5. The first kappa shape index (κ1) is 21.0. The first-order valence-electron chi connectivity index (χ1n) is 8.60. The quantitative estimate of drug-likeness (QED) is 0.557. The van der Waals surface area contributed by atoms with Gasteiger partial charge in [0.15, 0.2) is 5.82 Å². The number of anilines is 2. The van der Waals surface area contributed by atoms with Crippen LogP contribution in [0.25, 0.3) is 11.3 Å². The van der Waals surface area contributed by atoms with Crippen molar-refractivity contribution in [2.75, 3.05) is 24.2 Å². The third kappa shape index (κ3) is 4.82. The lowest BCUT2D eigenvalue weighted by molar-refractivity contribution is -0.140. The van der Waals surface area contributed by atoms with Crippen LogP contribution >= 0.6 is 11.8 Å². The van der Waals surface area contributed by atoms with Gasteiger partial charge in [-0.2, -0.15) is 18.3 Å². The number of rotatable bonds is 7. The van der Waals surface area contributed by atoms with Crippen molar-refractivity contribution in [3.05, 3.63) is 36.7 Å². The molecule has 3 N–H and O–H groups in total. The van der Waals surface area contributed by atoms with Gasteiger partial charge in [-0.15, -0.1) is 11.8 Å². The zero-order valence-electron chi connectivity index (χ0n) is 15.7. The molecule has 0 radical (unpaired) electrons. The molecular formula is C17H19F3N8S. The Hall–Kier alpha value is -2.73. The minimum absolute atomic E-state index is 0.0558. The molecular weight excluding hydrogens is 405 g/mol. The minimum atomic E-state index is -4.57. The van der Waals surface area contributed by atoms with Crippen molar-refractivity contribution in [1.29, 1.82) is 0 Å². The number of H-pyrrole nitrogens is 1. The largest absolute Gasteiger partial charge is 0.433 e. The van der Waals surface area contributed by atoms with E-state index in [9.17, 15) is 13.2 Å². The standard InChI is InChI=1S/C17H19F3N8S/c1-10(3-21)9-28(16-24-4-11(29-2)5-25-16)14-8-22-13(7-23-14)12-6-26-27-15(12)17(18,19)20/h4-8,10H,3,9,21H2,1-2H3,(H,26,27). The maximum absolute atomic E-state index is 13.1. The van der Waals surface area contributed by atoms with Gasteiger partial charge in [0.2, 0.25) is 5.95 Å². The predicted octanol–water partition coefficient (Wildman–Crippen LogP) is 3.13. The Morgan fingerprint density at radius 3 is 2.38 bits per heavy atom. The number of alkyl halides is 3. The summed E-state index contributed by atoms with van der Waals surface area (Å²) in [5, 5.41) is 5.44. The lowest BCUT2D eigenvalue weighted by atomic mass is 10.1. The van der Waals surface area contributed by atoms with Crippen molar-refractivity contribution in [3.63, 3.8) is 0 Å². The van der Waals surface area contributed by atoms with Crippen molar-refractivity contribution in [1.82, 2.24) is 30.1 Å². The van der Waals surface area contributed by atoms with Crippen molar-refractivity contribution >= 4 is 23.5 Å². The van der Waals surface area contributed by atoms with Gasteiger partial charge in [0.25, 0.3) is 0 Å². The normalized spacial score (nSPS) is 12.8. The molecule has 0 saturated carbocycles. The summed E-state index contributed by atoms with van der Waals surface area (Å²) in [7, 11) is 0. The molecule has 0 bridgehead atoms. The molecule has 0 aliphatic rings. The van der Waals surface area contributed by atoms with Crippen LogP contribution in [0.5, 0.6) is 0 Å². The Kier molecular flexibility index (Phi) is 6.33. The van der Waals surface area contributed by atoms with E-state index >= 15 is 0 Å². The van der Waals surface area contributed by atoms with Crippen LogP contribution < -0.4 is 10.6 Å². The van der Waals surface area contributed by atoms with Crippen molar-refractivity contribution < 1.29 is 13.2 Å². The van der Waals surface area contributed by atoms with Crippen LogP contribution in [0.4, 0.5) is 24.9 Å². The highest BCUT2D eigenvalue weighted by molar-refractivity contribution is 7.98. The molecule has 1 unspecified atom stereocenters. The summed E-state index contributed by atoms with van der Waals surface area (Å²) in [6.07, 6.45) is 4.46. The number of halogens is 3. The van der Waals surface area contributed by atoms with Crippen LogP contribution in [0.15, 0.2) is 35.9 Å². The second-order valence-electron chi connectivity index (χ2n) is 6.29. The van der Waals surface area contributed by atoms with Crippen LogP contribution in [0.1, 0.15) is 12.6 Å². The lowest BCUT2D eigenvalue weighted by Crippen LogP contribution is -2.30. The molecule has 3 aromatic heterocycles. The van der Waals surface area contributed by atoms with Crippen LogP contribution in [-0.4, -0.2) is 49.5 Å². The van der Waals surface area contributed by atoms with E-state index in [-0.39, 0.29) is 17.2 Å². The number of nitrogens with one attached hydrogen (secondary N) is 1. The second kappa shape index (κ2) is 8.74. The molecule has 1 atom stereocenters. The predicted molar refractivity (Wildman–Crippen MR) is 104 cm³/mol. The summed E-state index contributed by atoms with van der Waals surface area (Å²) >= 11 is 1.51. The Bertz CT molecular complexity index is 927. The van der Waals surface area contributed by atoms with Crippen LogP contribution in [0, 0.1) is 5.92 Å². The van der Waals surface area contributed by atoms with Crippen molar-refractivity contribution in [2.24, 2.45) is 11.7 Å². The fourth-order valence-corrected chi connectivity index (χ4v) is 2.83. The molecule has 3 aromatic rings. The second-order valence-corrected chi connectivity index (χ2v) is 7.17. The monoisotopic (exact) mass is 424 g/mol. The molecule has 0 aliphatic carbocycles. The van der Waals surface area contributed by atoms with Crippen molar-refractivity contribution in [3.8, 4) is 11.3 Å². The smallest absolute Gasteiger partial charge is 0.330 e. The molecule has 0 amide bonds. The number of nitrogens with two attached hydrogens (primary N) is 1. The number of aromatic nitrogens is 6. The highest BCUT2D eigenvalue weighted by Crippen LogP contribution is 2.34. The van der Waals surface area contributed by atoms with Gasteiger partial charge in [-0.3, -0.25) is 15.0 Å². The van der Waals surface area contributed by atoms with Crippen molar-refractivity contribution in [2.45, 2.75) is 18.0 Å². The molecule has 8 nitrogen and oxygen atoms in total. The molecule has 154 valence electrons. The first-order chi connectivity index (χ1) is 13.8. The molecule has 0 aliphatic heterocycles. The molecule has 29 heavy (non-hydrogen) atoms. The summed E-state index contributed by atoms with van der Waals surface area (Å²) in [5.41, 5.74) is 4.66. The Balaban J connectivity index is 1.93. The van der Waals surface area contributed by atoms with E-state index in [4.69, 9.17) is 5.73 Å². The fourth-order valence-electron chi connectivity index (χ4n) is 2.51. The summed E-state index contributed by atoms with van der Waals surface area (Å²) < 4.78 is 39.2. The van der Waals surface area contributed by atoms with Crippen LogP contribution in [0.2, 0.25) is 0 Å². The van der Waals surface area contributed by atoms with Gasteiger partial charge >= 0.3 is 6.18 Å². The summed E-state index contributed by atoms with van der Waals surface area (Å²) in [4.78, 5) is 19.8. The SMILES string of the molecule is CSc1cnc(N(CC(C)CN)c2cnc(-c3cn[nH]c3C(F)(F)F)cn2)nc1. The molecule has 12 heteroatoms. The third-order valence-electron chi connectivity index (χ3n) is 4.10. The van der Waals surface area contributed by atoms with Gasteiger partial charge in [0.1, 0.15) is 5.69 Å². The van der Waals surface area contributed by atoms with E-state index in [0.717, 1.165) is 11.1 Å². The molecule has 0 spiro atoms. The first-order valence-corrected chi connectivity index (χ1v) is 9.82. The van der Waals surface area contributed by atoms with E-state index in [1.807, 2.05) is 18.3 Å². The van der Waals surface area contributed by atoms with Gasteiger partial charge in [-0.05, 0) is 18.7 Å². The number of thioether (sulfide) groups is 1. The van der Waals surface area contributed by atoms with Gasteiger partial charge in [0.05, 0.1) is 29.8 Å². The number of hydrogen-bond acceptors (Lipinski definition) is 8. The van der Waals surface area contributed by atoms with E-state index in [1.54, 1.807) is 17.3 Å². The summed E-state index contributed by atoms with van der Waals surface area (Å²) in [5.74, 6) is 0.915. The van der Waals surface area contributed by atoms with Gasteiger partial charge in [-0.25, -0.2) is 15.0 Å². The lowest BCUT2D eigenvalue weighted by Gasteiger charge is -2.24. The van der Waals surface area contributed by atoms with Gasteiger partial charge in [0, 0.05) is 23.8 Å². The Morgan fingerprint density at radius 2 is 1.83 bits per heavy atom. The van der Waals surface area contributed by atoms with Gasteiger partial charge in [-0.1, -0.05) is 6.92 Å². The highest BCUT2D eigenvalue weighted by atomic mass is 32.2. The average molecular weight is 424 g/mol. The number of aromatic amines is 1. The maximum Gasteiger partial charge on any atom is 0.433 e. The Labute approximate surface area is 169 Å². The van der Waals surface area contributed by atoms with E-state index in [0.29, 0.717) is 24.9 Å². The molecule has 3 rings (SSSR count). The zero-order chi connectivity index (χ0) is 21.0. The highest BCUT2D eigenvalue weighted by Gasteiger charge is 2.36. The Morgan fingerprint density at radius 1 is 1.10 bits per heavy atom. The average Bonchev–Trinajstić information content (AvgIpc) is 3.23. The molecule has 0 saturated heterocycles. The van der Waals surface area contributed by atoms with E-state index in [1.165, 1.54) is 24.2 Å². The minimum Gasteiger partial charge on any atom is -0.330 e. The van der Waals surface area contributed by atoms with Gasteiger partial charge < -0.3 is 5.73 Å². The maximum atomic E-state index is 13.1. The molecule has 0 fully saturated rings. The molecule has 3 heterocycles.